The van der Waals surface area contributed by atoms with Crippen LogP contribution in [0.25, 0.3) is 0 Å². The Kier molecular flexibility index (Phi) is 6.47. The lowest BCUT2D eigenvalue weighted by atomic mass is 10.1. The van der Waals surface area contributed by atoms with E-state index in [1.807, 2.05) is 20.9 Å². The van der Waals surface area contributed by atoms with Crippen LogP contribution in [0, 0.1) is 5.92 Å². The highest BCUT2D eigenvalue weighted by Gasteiger charge is 2.29. The molecule has 2 aromatic rings. The van der Waals surface area contributed by atoms with Crippen molar-refractivity contribution >= 4 is 20.0 Å². The SMILES string of the molecule is CC(C)[C@H](NS(=O)(=O)c1ccc(S(=O)(=O)N2CCCCC2)cc1)c1nccn1C. The number of sulfonamides is 2. The molecule has 29 heavy (non-hydrogen) atoms. The Morgan fingerprint density at radius 2 is 1.55 bits per heavy atom. The summed E-state index contributed by atoms with van der Waals surface area (Å²) in [6.45, 7) is 4.83. The van der Waals surface area contributed by atoms with Crippen molar-refractivity contribution in [1.29, 1.82) is 0 Å². The van der Waals surface area contributed by atoms with Crippen LogP contribution in [-0.2, 0) is 27.1 Å². The van der Waals surface area contributed by atoms with Gasteiger partial charge in [-0.15, -0.1) is 0 Å². The van der Waals surface area contributed by atoms with Gasteiger partial charge in [0, 0.05) is 32.5 Å². The molecule has 1 aliphatic heterocycles. The van der Waals surface area contributed by atoms with Crippen molar-refractivity contribution in [1.82, 2.24) is 18.6 Å². The van der Waals surface area contributed by atoms with Gasteiger partial charge in [-0.3, -0.25) is 0 Å². The van der Waals surface area contributed by atoms with Gasteiger partial charge in [-0.2, -0.15) is 4.31 Å². The van der Waals surface area contributed by atoms with Gasteiger partial charge in [-0.1, -0.05) is 20.3 Å². The van der Waals surface area contributed by atoms with Crippen LogP contribution in [0.2, 0.25) is 0 Å². The van der Waals surface area contributed by atoms with Gasteiger partial charge in [0.15, 0.2) is 0 Å². The van der Waals surface area contributed by atoms with E-state index in [1.54, 1.807) is 17.0 Å². The number of benzene rings is 1. The van der Waals surface area contributed by atoms with Crippen molar-refractivity contribution in [2.45, 2.75) is 48.9 Å². The zero-order valence-corrected chi connectivity index (χ0v) is 18.6. The maximum atomic E-state index is 12.9. The highest BCUT2D eigenvalue weighted by Crippen LogP contribution is 2.25. The highest BCUT2D eigenvalue weighted by atomic mass is 32.2. The van der Waals surface area contributed by atoms with Gasteiger partial charge in [0.1, 0.15) is 5.82 Å². The fraction of sp³-hybridized carbons (Fsp3) is 0.526. The van der Waals surface area contributed by atoms with E-state index in [1.165, 1.54) is 28.6 Å². The van der Waals surface area contributed by atoms with Gasteiger partial charge in [-0.05, 0) is 43.0 Å². The first-order valence-electron chi connectivity index (χ1n) is 9.72. The molecule has 0 saturated carbocycles. The molecule has 2 heterocycles. The number of imidazole rings is 1. The number of rotatable bonds is 7. The summed E-state index contributed by atoms with van der Waals surface area (Å²) < 4.78 is 57.3. The molecule has 1 N–H and O–H groups in total. The second kappa shape index (κ2) is 8.55. The van der Waals surface area contributed by atoms with Gasteiger partial charge in [-0.25, -0.2) is 26.5 Å². The van der Waals surface area contributed by atoms with Crippen molar-refractivity contribution in [3.63, 3.8) is 0 Å². The van der Waals surface area contributed by atoms with Crippen molar-refractivity contribution in [3.8, 4) is 0 Å². The molecule has 1 aromatic carbocycles. The lowest BCUT2D eigenvalue weighted by Crippen LogP contribution is -2.35. The summed E-state index contributed by atoms with van der Waals surface area (Å²) >= 11 is 0. The second-order valence-corrected chi connectivity index (χ2v) is 11.3. The van der Waals surface area contributed by atoms with E-state index in [4.69, 9.17) is 0 Å². The predicted octanol–water partition coefficient (Wildman–Crippen LogP) is 2.27. The van der Waals surface area contributed by atoms with E-state index in [9.17, 15) is 16.8 Å². The molecule has 1 saturated heterocycles. The lowest BCUT2D eigenvalue weighted by Gasteiger charge is -2.26. The standard InChI is InChI=1S/C19H28N4O4S2/c1-15(2)18(19-20-11-14-22(19)3)21-28(24,25)16-7-9-17(10-8-16)29(26,27)23-12-5-4-6-13-23/h7-11,14-15,18,21H,4-6,12-13H2,1-3H3/t18-/m0/s1. The van der Waals surface area contributed by atoms with E-state index in [2.05, 4.69) is 9.71 Å². The summed E-state index contributed by atoms with van der Waals surface area (Å²) in [7, 11) is -5.63. The summed E-state index contributed by atoms with van der Waals surface area (Å²) in [6, 6.07) is 4.91. The number of piperidine rings is 1. The third-order valence-corrected chi connectivity index (χ3v) is 8.54. The zero-order chi connectivity index (χ0) is 21.2. The Labute approximate surface area is 173 Å². The van der Waals surface area contributed by atoms with E-state index in [0.717, 1.165) is 19.3 Å². The molecule has 0 unspecified atom stereocenters. The smallest absolute Gasteiger partial charge is 0.243 e. The fourth-order valence-corrected chi connectivity index (χ4v) is 6.30. The third-order valence-electron chi connectivity index (χ3n) is 5.17. The topological polar surface area (TPSA) is 101 Å². The van der Waals surface area contributed by atoms with Crippen molar-refractivity contribution in [2.24, 2.45) is 13.0 Å². The van der Waals surface area contributed by atoms with Gasteiger partial charge < -0.3 is 4.57 Å². The maximum absolute atomic E-state index is 12.9. The molecule has 0 radical (unpaired) electrons. The molecule has 0 amide bonds. The molecular weight excluding hydrogens is 412 g/mol. The van der Waals surface area contributed by atoms with E-state index >= 15 is 0 Å². The molecule has 1 atom stereocenters. The maximum Gasteiger partial charge on any atom is 0.243 e. The Balaban J connectivity index is 1.83. The van der Waals surface area contributed by atoms with Crippen LogP contribution in [0.15, 0.2) is 46.5 Å². The quantitative estimate of drug-likeness (QED) is 0.712. The van der Waals surface area contributed by atoms with Crippen LogP contribution in [-0.4, -0.2) is 43.8 Å². The predicted molar refractivity (Wildman–Crippen MR) is 110 cm³/mol. The van der Waals surface area contributed by atoms with Gasteiger partial charge >= 0.3 is 0 Å². The number of aryl methyl sites for hydroxylation is 1. The van der Waals surface area contributed by atoms with Crippen molar-refractivity contribution in [3.05, 3.63) is 42.5 Å². The fourth-order valence-electron chi connectivity index (χ4n) is 3.44. The summed E-state index contributed by atoms with van der Waals surface area (Å²) in [4.78, 5) is 4.40. The van der Waals surface area contributed by atoms with Crippen LogP contribution in [0.3, 0.4) is 0 Å². The third kappa shape index (κ3) is 4.71. The largest absolute Gasteiger partial charge is 0.337 e. The van der Waals surface area contributed by atoms with E-state index in [0.29, 0.717) is 18.9 Å². The van der Waals surface area contributed by atoms with E-state index in [-0.39, 0.29) is 15.7 Å². The molecule has 0 spiro atoms. The van der Waals surface area contributed by atoms with Gasteiger partial charge in [0.2, 0.25) is 20.0 Å². The highest BCUT2D eigenvalue weighted by molar-refractivity contribution is 7.89. The molecule has 3 rings (SSSR count). The van der Waals surface area contributed by atoms with Crippen molar-refractivity contribution in [2.75, 3.05) is 13.1 Å². The first-order chi connectivity index (χ1) is 13.6. The molecule has 10 heteroatoms. The Morgan fingerprint density at radius 1 is 0.966 bits per heavy atom. The number of aromatic nitrogens is 2. The lowest BCUT2D eigenvalue weighted by molar-refractivity contribution is 0.346. The molecule has 160 valence electrons. The number of hydrogen-bond acceptors (Lipinski definition) is 5. The van der Waals surface area contributed by atoms with Gasteiger partial charge in [0.05, 0.1) is 15.8 Å². The van der Waals surface area contributed by atoms with Crippen LogP contribution >= 0.6 is 0 Å². The Bertz CT molecular complexity index is 1040. The molecule has 0 bridgehead atoms. The minimum atomic E-state index is -3.85. The number of nitrogens with one attached hydrogen (secondary N) is 1. The first-order valence-corrected chi connectivity index (χ1v) is 12.6. The molecular formula is C19H28N4O4S2. The van der Waals surface area contributed by atoms with Gasteiger partial charge in [0.25, 0.3) is 0 Å². The average molecular weight is 441 g/mol. The van der Waals surface area contributed by atoms with Crippen LogP contribution in [0.4, 0.5) is 0 Å². The number of hydrogen-bond donors (Lipinski definition) is 1. The minimum Gasteiger partial charge on any atom is -0.337 e. The summed E-state index contributed by atoms with van der Waals surface area (Å²) in [5.41, 5.74) is 0. The molecule has 1 aromatic heterocycles. The normalized spacial score (nSPS) is 17.5. The molecule has 0 aliphatic carbocycles. The molecule has 1 fully saturated rings. The average Bonchev–Trinajstić information content (AvgIpc) is 3.12. The zero-order valence-electron chi connectivity index (χ0n) is 16.9. The van der Waals surface area contributed by atoms with Crippen LogP contribution < -0.4 is 4.72 Å². The van der Waals surface area contributed by atoms with Crippen LogP contribution in [0.1, 0.15) is 45.0 Å². The monoisotopic (exact) mass is 440 g/mol. The van der Waals surface area contributed by atoms with Crippen LogP contribution in [0.5, 0.6) is 0 Å². The molecule has 1 aliphatic rings. The Hall–Kier alpha value is -1.75. The summed E-state index contributed by atoms with van der Waals surface area (Å²) in [5, 5.41) is 0. The number of nitrogens with zero attached hydrogens (tertiary/aromatic N) is 3. The Morgan fingerprint density at radius 3 is 2.07 bits per heavy atom. The van der Waals surface area contributed by atoms with Crippen molar-refractivity contribution < 1.29 is 16.8 Å². The molecule has 8 nitrogen and oxygen atoms in total. The first kappa shape index (κ1) is 21.9. The summed E-state index contributed by atoms with van der Waals surface area (Å²) in [5.74, 6) is 0.595. The summed E-state index contributed by atoms with van der Waals surface area (Å²) in [6.07, 6.45) is 6.11. The van der Waals surface area contributed by atoms with E-state index < -0.39 is 26.1 Å². The second-order valence-electron chi connectivity index (χ2n) is 7.68. The minimum absolute atomic E-state index is 0.0231.